The number of likely N-dealkylation sites (N-methyl/N-ethyl adjacent to an activating group) is 1. The lowest BCUT2D eigenvalue weighted by atomic mass is 10.1. The van der Waals surface area contributed by atoms with E-state index in [-0.39, 0.29) is 24.9 Å². The van der Waals surface area contributed by atoms with E-state index in [0.717, 1.165) is 38.4 Å². The second kappa shape index (κ2) is 10.2. The predicted molar refractivity (Wildman–Crippen MR) is 116 cm³/mol. The second-order valence-electron chi connectivity index (χ2n) is 7.73. The van der Waals surface area contributed by atoms with Crippen molar-refractivity contribution in [1.29, 1.82) is 0 Å². The molecule has 0 atom stereocenters. The summed E-state index contributed by atoms with van der Waals surface area (Å²) in [6, 6.07) is 17.9. The standard InChI is InChI=1S/C23H30N4O2/c1-19-7-6-8-20(15-19)16-26-11-13-27(14-12-26)23(29)18-25(2)17-22(28)24-21-9-4-3-5-10-21/h3-10,15H,11-14,16-18H2,1-2H3,(H,24,28). The van der Waals surface area contributed by atoms with Crippen LogP contribution in [0.15, 0.2) is 54.6 Å². The van der Waals surface area contributed by atoms with Gasteiger partial charge in [0, 0.05) is 38.4 Å². The number of benzene rings is 2. The quantitative estimate of drug-likeness (QED) is 0.782. The number of nitrogens with zero attached hydrogens (tertiary/aromatic N) is 3. The molecular weight excluding hydrogens is 364 g/mol. The van der Waals surface area contributed by atoms with Crippen molar-refractivity contribution in [1.82, 2.24) is 14.7 Å². The van der Waals surface area contributed by atoms with Crippen LogP contribution in [0.4, 0.5) is 5.69 Å². The molecule has 1 saturated heterocycles. The van der Waals surface area contributed by atoms with E-state index in [0.29, 0.717) is 0 Å². The van der Waals surface area contributed by atoms with Crippen LogP contribution < -0.4 is 5.32 Å². The molecule has 3 rings (SSSR count). The zero-order valence-electron chi connectivity index (χ0n) is 17.3. The minimum Gasteiger partial charge on any atom is -0.339 e. The Kier molecular flexibility index (Phi) is 7.38. The minimum atomic E-state index is -0.116. The number of nitrogens with one attached hydrogen (secondary N) is 1. The molecule has 2 aromatic carbocycles. The Morgan fingerprint density at radius 1 is 0.966 bits per heavy atom. The third kappa shape index (κ3) is 6.69. The molecule has 1 heterocycles. The highest BCUT2D eigenvalue weighted by atomic mass is 16.2. The monoisotopic (exact) mass is 394 g/mol. The molecule has 0 bridgehead atoms. The molecule has 0 radical (unpaired) electrons. The summed E-state index contributed by atoms with van der Waals surface area (Å²) in [6.07, 6.45) is 0. The Morgan fingerprint density at radius 3 is 2.38 bits per heavy atom. The first-order valence-corrected chi connectivity index (χ1v) is 10.1. The van der Waals surface area contributed by atoms with Crippen LogP contribution in [0, 0.1) is 6.92 Å². The van der Waals surface area contributed by atoms with Gasteiger partial charge < -0.3 is 10.2 Å². The van der Waals surface area contributed by atoms with E-state index in [4.69, 9.17) is 0 Å². The number of para-hydroxylation sites is 1. The summed E-state index contributed by atoms with van der Waals surface area (Å²) in [7, 11) is 1.80. The largest absolute Gasteiger partial charge is 0.339 e. The van der Waals surface area contributed by atoms with Crippen LogP contribution in [-0.4, -0.2) is 72.8 Å². The van der Waals surface area contributed by atoms with Crippen molar-refractivity contribution >= 4 is 17.5 Å². The number of anilines is 1. The molecule has 2 amide bonds. The van der Waals surface area contributed by atoms with Crippen molar-refractivity contribution in [3.05, 3.63) is 65.7 Å². The number of rotatable bonds is 7. The molecular formula is C23H30N4O2. The molecule has 1 aliphatic heterocycles. The molecule has 0 aliphatic carbocycles. The van der Waals surface area contributed by atoms with Gasteiger partial charge in [0.1, 0.15) is 0 Å². The molecule has 29 heavy (non-hydrogen) atoms. The molecule has 1 fully saturated rings. The van der Waals surface area contributed by atoms with E-state index < -0.39 is 0 Å². The van der Waals surface area contributed by atoms with Crippen LogP contribution in [0.1, 0.15) is 11.1 Å². The number of amides is 2. The van der Waals surface area contributed by atoms with E-state index in [1.807, 2.05) is 35.2 Å². The van der Waals surface area contributed by atoms with Gasteiger partial charge >= 0.3 is 0 Å². The average molecular weight is 395 g/mol. The summed E-state index contributed by atoms with van der Waals surface area (Å²) in [6.45, 7) is 6.67. The van der Waals surface area contributed by atoms with E-state index in [9.17, 15) is 9.59 Å². The molecule has 0 aromatic heterocycles. The minimum absolute atomic E-state index is 0.0789. The van der Waals surface area contributed by atoms with Gasteiger partial charge in [-0.05, 0) is 31.7 Å². The van der Waals surface area contributed by atoms with Gasteiger partial charge in [-0.2, -0.15) is 0 Å². The number of aryl methyl sites for hydroxylation is 1. The number of hydrogen-bond acceptors (Lipinski definition) is 4. The summed E-state index contributed by atoms with van der Waals surface area (Å²) < 4.78 is 0. The van der Waals surface area contributed by atoms with E-state index >= 15 is 0 Å². The molecule has 154 valence electrons. The third-order valence-corrected chi connectivity index (χ3v) is 5.09. The SMILES string of the molecule is Cc1cccc(CN2CCN(C(=O)CN(C)CC(=O)Nc3ccccc3)CC2)c1. The molecule has 1 N–H and O–H groups in total. The number of piperazine rings is 1. The first-order valence-electron chi connectivity index (χ1n) is 10.1. The van der Waals surface area contributed by atoms with Crippen LogP contribution in [0.3, 0.4) is 0 Å². The number of carbonyl (C=O) groups is 2. The Morgan fingerprint density at radius 2 is 1.69 bits per heavy atom. The summed E-state index contributed by atoms with van der Waals surface area (Å²) in [5.41, 5.74) is 3.35. The highest BCUT2D eigenvalue weighted by Gasteiger charge is 2.22. The fourth-order valence-electron chi connectivity index (χ4n) is 3.58. The second-order valence-corrected chi connectivity index (χ2v) is 7.73. The fraction of sp³-hybridized carbons (Fsp3) is 0.391. The van der Waals surface area contributed by atoms with Crippen molar-refractivity contribution in [2.24, 2.45) is 0 Å². The van der Waals surface area contributed by atoms with Crippen molar-refractivity contribution in [3.8, 4) is 0 Å². The van der Waals surface area contributed by atoms with E-state index in [1.165, 1.54) is 11.1 Å². The first kappa shape index (κ1) is 21.0. The summed E-state index contributed by atoms with van der Waals surface area (Å²) in [4.78, 5) is 30.8. The van der Waals surface area contributed by atoms with Crippen molar-refractivity contribution < 1.29 is 9.59 Å². The van der Waals surface area contributed by atoms with Gasteiger partial charge in [-0.25, -0.2) is 0 Å². The van der Waals surface area contributed by atoms with E-state index in [1.54, 1.807) is 11.9 Å². The first-order chi connectivity index (χ1) is 14.0. The predicted octanol–water partition coefficient (Wildman–Crippen LogP) is 2.21. The molecule has 6 nitrogen and oxygen atoms in total. The maximum absolute atomic E-state index is 12.6. The molecule has 1 aliphatic rings. The summed E-state index contributed by atoms with van der Waals surface area (Å²) >= 11 is 0. The lowest BCUT2D eigenvalue weighted by Gasteiger charge is -2.35. The summed E-state index contributed by atoms with van der Waals surface area (Å²) in [5, 5.41) is 2.85. The topological polar surface area (TPSA) is 55.9 Å². The van der Waals surface area contributed by atoms with Gasteiger partial charge in [-0.15, -0.1) is 0 Å². The fourth-order valence-corrected chi connectivity index (χ4v) is 3.58. The van der Waals surface area contributed by atoms with Crippen LogP contribution in [0.25, 0.3) is 0 Å². The average Bonchev–Trinajstić information content (AvgIpc) is 2.69. The maximum atomic E-state index is 12.6. The molecule has 0 saturated carbocycles. The van der Waals surface area contributed by atoms with Crippen LogP contribution in [0.2, 0.25) is 0 Å². The lowest BCUT2D eigenvalue weighted by Crippen LogP contribution is -2.51. The van der Waals surface area contributed by atoms with Gasteiger partial charge in [-0.3, -0.25) is 19.4 Å². The highest BCUT2D eigenvalue weighted by Crippen LogP contribution is 2.11. The number of carbonyl (C=O) groups excluding carboxylic acids is 2. The lowest BCUT2D eigenvalue weighted by molar-refractivity contribution is -0.134. The molecule has 6 heteroatoms. The Balaban J connectivity index is 1.39. The van der Waals surface area contributed by atoms with Gasteiger partial charge in [0.2, 0.25) is 11.8 Å². The van der Waals surface area contributed by atoms with Crippen molar-refractivity contribution in [2.45, 2.75) is 13.5 Å². The Hall–Kier alpha value is -2.70. The van der Waals surface area contributed by atoms with Gasteiger partial charge in [0.25, 0.3) is 0 Å². The normalized spacial score (nSPS) is 14.8. The maximum Gasteiger partial charge on any atom is 0.238 e. The highest BCUT2D eigenvalue weighted by molar-refractivity contribution is 5.92. The summed E-state index contributed by atoms with van der Waals surface area (Å²) in [5.74, 6) is -0.0373. The van der Waals surface area contributed by atoms with Crippen molar-refractivity contribution in [3.63, 3.8) is 0 Å². The molecule has 0 spiro atoms. The molecule has 2 aromatic rings. The number of hydrogen-bond donors (Lipinski definition) is 1. The molecule has 0 unspecified atom stereocenters. The van der Waals surface area contributed by atoms with Gasteiger partial charge in [-0.1, -0.05) is 48.0 Å². The van der Waals surface area contributed by atoms with Crippen LogP contribution in [0.5, 0.6) is 0 Å². The zero-order valence-corrected chi connectivity index (χ0v) is 17.3. The van der Waals surface area contributed by atoms with Gasteiger partial charge in [0.05, 0.1) is 13.1 Å². The van der Waals surface area contributed by atoms with Crippen LogP contribution >= 0.6 is 0 Å². The smallest absolute Gasteiger partial charge is 0.238 e. The van der Waals surface area contributed by atoms with Crippen molar-refractivity contribution in [2.75, 3.05) is 51.6 Å². The Labute approximate surface area is 173 Å². The zero-order chi connectivity index (χ0) is 20.6. The Bertz CT molecular complexity index is 817. The van der Waals surface area contributed by atoms with Gasteiger partial charge in [0.15, 0.2) is 0 Å². The van der Waals surface area contributed by atoms with Crippen LogP contribution in [-0.2, 0) is 16.1 Å². The third-order valence-electron chi connectivity index (χ3n) is 5.09. The van der Waals surface area contributed by atoms with E-state index in [2.05, 4.69) is 41.4 Å².